The van der Waals surface area contributed by atoms with Crippen molar-refractivity contribution in [3.05, 3.63) is 24.3 Å². The van der Waals surface area contributed by atoms with Crippen molar-refractivity contribution in [2.24, 2.45) is 0 Å². The van der Waals surface area contributed by atoms with Gasteiger partial charge in [0.15, 0.2) is 17.6 Å². The van der Waals surface area contributed by atoms with Gasteiger partial charge in [0.2, 0.25) is 0 Å². The Labute approximate surface area is 117 Å². The van der Waals surface area contributed by atoms with Crippen LogP contribution in [-0.2, 0) is 9.53 Å². The zero-order chi connectivity index (χ0) is 13.7. The van der Waals surface area contributed by atoms with E-state index in [4.69, 9.17) is 25.8 Å². The number of nitrogens with zero attached hydrogens (tertiary/aromatic N) is 1. The first-order chi connectivity index (χ1) is 9.26. The summed E-state index contributed by atoms with van der Waals surface area (Å²) >= 11 is 5.62. The minimum atomic E-state index is -0.520. The number of para-hydroxylation sites is 2. The molecular weight excluding hydrogens is 270 g/mol. The van der Waals surface area contributed by atoms with Crippen LogP contribution in [0.4, 0.5) is 0 Å². The molecule has 1 aromatic carbocycles. The molecule has 1 fully saturated rings. The zero-order valence-electron chi connectivity index (χ0n) is 10.7. The predicted octanol–water partition coefficient (Wildman–Crippen LogP) is 1.50. The lowest BCUT2D eigenvalue weighted by molar-refractivity contribution is -0.129. The molecule has 1 atom stereocenters. The second kappa shape index (κ2) is 6.63. The molecule has 104 valence electrons. The number of halogens is 1. The van der Waals surface area contributed by atoms with Crippen molar-refractivity contribution < 1.29 is 19.0 Å². The number of carbonyl (C=O) groups is 1. The molecule has 0 radical (unpaired) electrons. The van der Waals surface area contributed by atoms with Crippen molar-refractivity contribution in [3.8, 4) is 11.5 Å². The van der Waals surface area contributed by atoms with Gasteiger partial charge in [-0.15, -0.1) is 11.6 Å². The minimum absolute atomic E-state index is 0.0846. The molecule has 0 aromatic heterocycles. The standard InChI is InChI=1S/C13H16ClNO4/c1-17-10-4-2-3-5-11(10)18-7-6-15-9-19-12(8-14)13(15)16/h2-5,12H,6-9H2,1H3. The smallest absolute Gasteiger partial charge is 0.254 e. The SMILES string of the molecule is COc1ccccc1OCCN1COC(CCl)C1=O. The van der Waals surface area contributed by atoms with Gasteiger partial charge < -0.3 is 19.1 Å². The van der Waals surface area contributed by atoms with Crippen LogP contribution in [0.1, 0.15) is 0 Å². The maximum absolute atomic E-state index is 11.7. The van der Waals surface area contributed by atoms with E-state index in [9.17, 15) is 4.79 Å². The van der Waals surface area contributed by atoms with Gasteiger partial charge in [0.25, 0.3) is 5.91 Å². The fourth-order valence-electron chi connectivity index (χ4n) is 1.81. The van der Waals surface area contributed by atoms with Crippen LogP contribution in [0.2, 0.25) is 0 Å². The second-order valence-electron chi connectivity index (χ2n) is 4.04. The Balaban J connectivity index is 1.82. The lowest BCUT2D eigenvalue weighted by atomic mass is 10.3. The largest absolute Gasteiger partial charge is 0.493 e. The van der Waals surface area contributed by atoms with Gasteiger partial charge in [-0.3, -0.25) is 4.79 Å². The van der Waals surface area contributed by atoms with E-state index in [1.807, 2.05) is 24.3 Å². The van der Waals surface area contributed by atoms with E-state index in [1.54, 1.807) is 12.0 Å². The molecule has 0 spiro atoms. The maximum atomic E-state index is 11.7. The molecule has 1 aromatic rings. The van der Waals surface area contributed by atoms with E-state index in [0.29, 0.717) is 24.7 Å². The molecule has 5 nitrogen and oxygen atoms in total. The van der Waals surface area contributed by atoms with Crippen LogP contribution in [0.25, 0.3) is 0 Å². The van der Waals surface area contributed by atoms with Crippen LogP contribution >= 0.6 is 11.6 Å². The van der Waals surface area contributed by atoms with Crippen molar-refractivity contribution in [3.63, 3.8) is 0 Å². The minimum Gasteiger partial charge on any atom is -0.493 e. The summed E-state index contributed by atoms with van der Waals surface area (Å²) in [6, 6.07) is 7.38. The second-order valence-corrected chi connectivity index (χ2v) is 4.35. The summed E-state index contributed by atoms with van der Waals surface area (Å²) in [5.74, 6) is 1.43. The summed E-state index contributed by atoms with van der Waals surface area (Å²) < 4.78 is 16.0. The van der Waals surface area contributed by atoms with Crippen molar-refractivity contribution in [2.75, 3.05) is 32.9 Å². The van der Waals surface area contributed by atoms with Gasteiger partial charge in [0.1, 0.15) is 13.3 Å². The number of rotatable bonds is 6. The molecule has 1 aliphatic heterocycles. The Bertz CT molecular complexity index is 440. The third-order valence-electron chi connectivity index (χ3n) is 2.85. The summed E-state index contributed by atoms with van der Waals surface area (Å²) in [6.07, 6.45) is -0.520. The molecular formula is C13H16ClNO4. The van der Waals surface area contributed by atoms with Gasteiger partial charge >= 0.3 is 0 Å². The molecule has 0 saturated carbocycles. The Morgan fingerprint density at radius 1 is 1.42 bits per heavy atom. The van der Waals surface area contributed by atoms with Crippen LogP contribution in [0.15, 0.2) is 24.3 Å². The third-order valence-corrected chi connectivity index (χ3v) is 3.13. The van der Waals surface area contributed by atoms with Gasteiger partial charge in [-0.05, 0) is 12.1 Å². The molecule has 2 rings (SSSR count). The summed E-state index contributed by atoms with van der Waals surface area (Å²) in [5, 5.41) is 0. The van der Waals surface area contributed by atoms with Crippen LogP contribution in [0.3, 0.4) is 0 Å². The Morgan fingerprint density at radius 3 is 2.79 bits per heavy atom. The van der Waals surface area contributed by atoms with E-state index in [-0.39, 0.29) is 18.5 Å². The summed E-state index contributed by atoms with van der Waals surface area (Å²) in [7, 11) is 1.59. The van der Waals surface area contributed by atoms with E-state index in [0.717, 1.165) is 0 Å². The number of hydrogen-bond donors (Lipinski definition) is 0. The molecule has 1 unspecified atom stereocenters. The van der Waals surface area contributed by atoms with Gasteiger partial charge in [-0.1, -0.05) is 12.1 Å². The number of benzene rings is 1. The first kappa shape index (κ1) is 14.0. The van der Waals surface area contributed by atoms with Crippen LogP contribution < -0.4 is 9.47 Å². The molecule has 0 bridgehead atoms. The summed E-state index contributed by atoms with van der Waals surface area (Å²) in [6.45, 7) is 1.11. The Morgan fingerprint density at radius 2 is 2.16 bits per heavy atom. The average molecular weight is 286 g/mol. The van der Waals surface area contributed by atoms with Crippen LogP contribution in [-0.4, -0.2) is 49.8 Å². The lowest BCUT2D eigenvalue weighted by Crippen LogP contribution is -2.33. The van der Waals surface area contributed by atoms with E-state index < -0.39 is 6.10 Å². The fraction of sp³-hybridized carbons (Fsp3) is 0.462. The monoisotopic (exact) mass is 285 g/mol. The normalized spacial score (nSPS) is 18.7. The molecule has 1 saturated heterocycles. The zero-order valence-corrected chi connectivity index (χ0v) is 11.4. The topological polar surface area (TPSA) is 48.0 Å². The molecule has 19 heavy (non-hydrogen) atoms. The summed E-state index contributed by atoms with van der Waals surface area (Å²) in [4.78, 5) is 13.3. The first-order valence-corrected chi connectivity index (χ1v) is 6.52. The first-order valence-electron chi connectivity index (χ1n) is 5.98. The average Bonchev–Trinajstić information content (AvgIpc) is 2.80. The molecule has 6 heteroatoms. The molecule has 1 heterocycles. The highest BCUT2D eigenvalue weighted by molar-refractivity contribution is 6.19. The van der Waals surface area contributed by atoms with Crippen molar-refractivity contribution in [1.82, 2.24) is 4.90 Å². The number of methoxy groups -OCH3 is 1. The quantitative estimate of drug-likeness (QED) is 0.743. The molecule has 0 aliphatic carbocycles. The van der Waals surface area contributed by atoms with E-state index in [1.165, 1.54) is 0 Å². The highest BCUT2D eigenvalue weighted by atomic mass is 35.5. The van der Waals surface area contributed by atoms with Crippen LogP contribution in [0.5, 0.6) is 11.5 Å². The van der Waals surface area contributed by atoms with Gasteiger partial charge in [0.05, 0.1) is 19.5 Å². The highest BCUT2D eigenvalue weighted by Crippen LogP contribution is 2.25. The van der Waals surface area contributed by atoms with Crippen LogP contribution in [0, 0.1) is 0 Å². The summed E-state index contributed by atoms with van der Waals surface area (Å²) in [5.41, 5.74) is 0. The van der Waals surface area contributed by atoms with E-state index >= 15 is 0 Å². The number of ether oxygens (including phenoxy) is 3. The number of carbonyl (C=O) groups excluding carboxylic acids is 1. The Kier molecular flexibility index (Phi) is 4.87. The highest BCUT2D eigenvalue weighted by Gasteiger charge is 2.31. The molecule has 1 amide bonds. The van der Waals surface area contributed by atoms with Crippen molar-refractivity contribution in [1.29, 1.82) is 0 Å². The lowest BCUT2D eigenvalue weighted by Gasteiger charge is -2.15. The number of hydrogen-bond acceptors (Lipinski definition) is 4. The third kappa shape index (κ3) is 3.30. The Hall–Kier alpha value is -1.46. The van der Waals surface area contributed by atoms with Gasteiger partial charge in [-0.2, -0.15) is 0 Å². The molecule has 0 N–H and O–H groups in total. The van der Waals surface area contributed by atoms with Gasteiger partial charge in [-0.25, -0.2) is 0 Å². The number of amides is 1. The van der Waals surface area contributed by atoms with Gasteiger partial charge in [0, 0.05) is 0 Å². The predicted molar refractivity (Wildman–Crippen MR) is 70.7 cm³/mol. The number of alkyl halides is 1. The molecule has 1 aliphatic rings. The van der Waals surface area contributed by atoms with Crippen molar-refractivity contribution >= 4 is 17.5 Å². The fourth-order valence-corrected chi connectivity index (χ4v) is 2.03. The van der Waals surface area contributed by atoms with E-state index in [2.05, 4.69) is 0 Å². The maximum Gasteiger partial charge on any atom is 0.254 e. The van der Waals surface area contributed by atoms with Crippen molar-refractivity contribution in [2.45, 2.75) is 6.10 Å².